The zero-order valence-electron chi connectivity index (χ0n) is 17.5. The molecule has 0 fully saturated rings. The van der Waals surface area contributed by atoms with E-state index < -0.39 is 17.5 Å². The minimum absolute atomic E-state index is 0.230. The van der Waals surface area contributed by atoms with Gasteiger partial charge in [-0.25, -0.2) is 8.78 Å². The summed E-state index contributed by atoms with van der Waals surface area (Å²) in [5, 5.41) is 8.03. The van der Waals surface area contributed by atoms with Crippen LogP contribution in [0.15, 0.2) is 66.7 Å². The molecular weight excluding hydrogens is 416 g/mol. The lowest BCUT2D eigenvalue weighted by molar-refractivity contribution is -0.114. The van der Waals surface area contributed by atoms with Crippen LogP contribution >= 0.6 is 0 Å². The van der Waals surface area contributed by atoms with Gasteiger partial charge in [0, 0.05) is 18.3 Å². The SMILES string of the molecule is COc1ccc(CCNC(=O)c2ccccc2NCC(=O)Nc2cc(F)ccc2F)cc1. The van der Waals surface area contributed by atoms with Crippen molar-refractivity contribution in [1.29, 1.82) is 0 Å². The lowest BCUT2D eigenvalue weighted by atomic mass is 10.1. The van der Waals surface area contributed by atoms with E-state index in [0.717, 1.165) is 29.5 Å². The number of para-hydroxylation sites is 1. The Labute approximate surface area is 184 Å². The van der Waals surface area contributed by atoms with Crippen molar-refractivity contribution >= 4 is 23.2 Å². The molecule has 3 aromatic rings. The van der Waals surface area contributed by atoms with Crippen LogP contribution in [0.4, 0.5) is 20.2 Å². The van der Waals surface area contributed by atoms with Crippen LogP contribution in [0.3, 0.4) is 0 Å². The van der Waals surface area contributed by atoms with Gasteiger partial charge in [0.2, 0.25) is 5.91 Å². The number of carbonyl (C=O) groups excluding carboxylic acids is 2. The largest absolute Gasteiger partial charge is 0.497 e. The van der Waals surface area contributed by atoms with Gasteiger partial charge in [-0.05, 0) is 48.4 Å². The van der Waals surface area contributed by atoms with E-state index >= 15 is 0 Å². The van der Waals surface area contributed by atoms with Crippen LogP contribution in [0.1, 0.15) is 15.9 Å². The van der Waals surface area contributed by atoms with Crippen molar-refractivity contribution in [2.75, 3.05) is 30.8 Å². The van der Waals surface area contributed by atoms with Crippen molar-refractivity contribution in [2.45, 2.75) is 6.42 Å². The Bertz CT molecular complexity index is 1090. The molecule has 0 unspecified atom stereocenters. The Hall–Kier alpha value is -3.94. The normalized spacial score (nSPS) is 10.3. The molecule has 166 valence electrons. The van der Waals surface area contributed by atoms with Crippen LogP contribution in [-0.4, -0.2) is 32.0 Å². The second kappa shape index (κ2) is 10.9. The number of hydrogen-bond acceptors (Lipinski definition) is 4. The Morgan fingerprint density at radius 1 is 0.938 bits per heavy atom. The lowest BCUT2D eigenvalue weighted by Gasteiger charge is -2.13. The number of nitrogens with one attached hydrogen (secondary N) is 3. The van der Waals surface area contributed by atoms with Gasteiger partial charge in [-0.1, -0.05) is 24.3 Å². The third-order valence-electron chi connectivity index (χ3n) is 4.67. The van der Waals surface area contributed by atoms with Crippen LogP contribution in [0.2, 0.25) is 0 Å². The number of methoxy groups -OCH3 is 1. The molecule has 0 atom stereocenters. The smallest absolute Gasteiger partial charge is 0.253 e. The summed E-state index contributed by atoms with van der Waals surface area (Å²) in [7, 11) is 1.60. The van der Waals surface area contributed by atoms with E-state index in [1.165, 1.54) is 0 Å². The molecule has 3 N–H and O–H groups in total. The van der Waals surface area contributed by atoms with E-state index in [4.69, 9.17) is 4.74 Å². The molecule has 32 heavy (non-hydrogen) atoms. The maximum absolute atomic E-state index is 13.7. The summed E-state index contributed by atoms with van der Waals surface area (Å²) >= 11 is 0. The van der Waals surface area contributed by atoms with E-state index in [1.807, 2.05) is 24.3 Å². The Morgan fingerprint density at radius 3 is 2.44 bits per heavy atom. The first-order chi connectivity index (χ1) is 15.5. The number of halogens is 2. The maximum atomic E-state index is 13.7. The molecule has 0 heterocycles. The molecule has 8 heteroatoms. The molecule has 0 aliphatic carbocycles. The highest BCUT2D eigenvalue weighted by Gasteiger charge is 2.13. The van der Waals surface area contributed by atoms with E-state index in [1.54, 1.807) is 31.4 Å². The zero-order valence-corrected chi connectivity index (χ0v) is 17.5. The summed E-state index contributed by atoms with van der Waals surface area (Å²) in [6, 6.07) is 17.1. The van der Waals surface area contributed by atoms with Crippen LogP contribution in [0.25, 0.3) is 0 Å². The van der Waals surface area contributed by atoms with Crippen LogP contribution in [-0.2, 0) is 11.2 Å². The quantitative estimate of drug-likeness (QED) is 0.471. The molecule has 3 aromatic carbocycles. The average Bonchev–Trinajstić information content (AvgIpc) is 2.80. The van der Waals surface area contributed by atoms with Gasteiger partial charge < -0.3 is 20.7 Å². The molecule has 3 rings (SSSR count). The lowest BCUT2D eigenvalue weighted by Crippen LogP contribution is -2.28. The monoisotopic (exact) mass is 439 g/mol. The van der Waals surface area contributed by atoms with E-state index in [9.17, 15) is 18.4 Å². The minimum Gasteiger partial charge on any atom is -0.497 e. The van der Waals surface area contributed by atoms with Crippen molar-refractivity contribution in [3.05, 3.63) is 89.5 Å². The number of carbonyl (C=O) groups is 2. The Morgan fingerprint density at radius 2 is 1.69 bits per heavy atom. The fourth-order valence-electron chi connectivity index (χ4n) is 3.01. The summed E-state index contributed by atoms with van der Waals surface area (Å²) in [6.07, 6.45) is 0.646. The van der Waals surface area contributed by atoms with Crippen molar-refractivity contribution < 1.29 is 23.1 Å². The van der Waals surface area contributed by atoms with Crippen molar-refractivity contribution in [3.8, 4) is 5.75 Å². The highest BCUT2D eigenvalue weighted by atomic mass is 19.1. The Kier molecular flexibility index (Phi) is 7.75. The van der Waals surface area contributed by atoms with E-state index in [0.29, 0.717) is 24.2 Å². The van der Waals surface area contributed by atoms with Crippen molar-refractivity contribution in [1.82, 2.24) is 5.32 Å². The van der Waals surface area contributed by atoms with Gasteiger partial charge in [0.05, 0.1) is 24.9 Å². The van der Waals surface area contributed by atoms with Crippen LogP contribution in [0, 0.1) is 11.6 Å². The van der Waals surface area contributed by atoms with Crippen LogP contribution in [0.5, 0.6) is 5.75 Å². The highest BCUT2D eigenvalue weighted by Crippen LogP contribution is 2.17. The predicted molar refractivity (Wildman–Crippen MR) is 119 cm³/mol. The first-order valence-electron chi connectivity index (χ1n) is 9.95. The van der Waals surface area contributed by atoms with Gasteiger partial charge in [-0.2, -0.15) is 0 Å². The van der Waals surface area contributed by atoms with Crippen molar-refractivity contribution in [2.24, 2.45) is 0 Å². The Balaban J connectivity index is 1.54. The number of anilines is 2. The van der Waals surface area contributed by atoms with E-state index in [2.05, 4.69) is 16.0 Å². The van der Waals surface area contributed by atoms with Crippen molar-refractivity contribution in [3.63, 3.8) is 0 Å². The van der Waals surface area contributed by atoms with Gasteiger partial charge in [0.25, 0.3) is 5.91 Å². The molecule has 0 radical (unpaired) electrons. The molecule has 0 spiro atoms. The van der Waals surface area contributed by atoms with Gasteiger partial charge in [0.15, 0.2) is 0 Å². The molecule has 0 saturated carbocycles. The summed E-state index contributed by atoms with van der Waals surface area (Å²) in [6.45, 7) is 0.199. The van der Waals surface area contributed by atoms with Gasteiger partial charge >= 0.3 is 0 Å². The first-order valence-corrected chi connectivity index (χ1v) is 9.95. The minimum atomic E-state index is -0.739. The second-order valence-corrected chi connectivity index (χ2v) is 6.93. The number of hydrogen-bond donors (Lipinski definition) is 3. The molecule has 0 aliphatic rings. The number of amides is 2. The number of benzene rings is 3. The molecule has 0 bridgehead atoms. The molecule has 0 aromatic heterocycles. The number of ether oxygens (including phenoxy) is 1. The average molecular weight is 439 g/mol. The van der Waals surface area contributed by atoms with Gasteiger partial charge in [0.1, 0.15) is 17.4 Å². The van der Waals surface area contributed by atoms with Gasteiger partial charge in [-0.15, -0.1) is 0 Å². The summed E-state index contributed by atoms with van der Waals surface area (Å²) < 4.78 is 32.1. The molecule has 6 nitrogen and oxygen atoms in total. The van der Waals surface area contributed by atoms with Crippen LogP contribution < -0.4 is 20.7 Å². The highest BCUT2D eigenvalue weighted by molar-refractivity contribution is 6.00. The molecular formula is C24H23F2N3O3. The second-order valence-electron chi connectivity index (χ2n) is 6.93. The summed E-state index contributed by atoms with van der Waals surface area (Å²) in [4.78, 5) is 24.7. The third-order valence-corrected chi connectivity index (χ3v) is 4.67. The fourth-order valence-corrected chi connectivity index (χ4v) is 3.01. The summed E-state index contributed by atoms with van der Waals surface area (Å²) in [5.41, 5.74) is 1.62. The van der Waals surface area contributed by atoms with Gasteiger partial charge in [-0.3, -0.25) is 9.59 Å². The predicted octanol–water partition coefficient (Wildman–Crippen LogP) is 4.00. The number of rotatable bonds is 9. The topological polar surface area (TPSA) is 79.5 Å². The third kappa shape index (κ3) is 6.28. The maximum Gasteiger partial charge on any atom is 0.253 e. The molecule has 0 aliphatic heterocycles. The molecule has 0 saturated heterocycles. The zero-order chi connectivity index (χ0) is 22.9. The standard InChI is InChI=1S/C24H23F2N3O3/c1-32-18-9-6-16(7-10-18)12-13-27-24(31)19-4-2-3-5-21(19)28-15-23(30)29-22-14-17(25)8-11-20(22)26/h2-11,14,28H,12-13,15H2,1H3,(H,27,31)(H,29,30). The fraction of sp³-hybridized carbons (Fsp3) is 0.167. The summed E-state index contributed by atoms with van der Waals surface area (Å²) in [5.74, 6) is -1.51. The van der Waals surface area contributed by atoms with E-state index in [-0.39, 0.29) is 18.1 Å². The first kappa shape index (κ1) is 22.7. The molecule has 2 amide bonds.